The number of rotatable bonds is 8. The molecule has 4 aliphatic rings. The molecule has 300 valence electrons. The number of benzene rings is 1. The number of sulfonamides is 1. The highest BCUT2D eigenvalue weighted by Crippen LogP contribution is 2.42. The van der Waals surface area contributed by atoms with E-state index in [1.165, 1.54) is 4.90 Å². The summed E-state index contributed by atoms with van der Waals surface area (Å²) >= 11 is 2.02. The van der Waals surface area contributed by atoms with Crippen molar-refractivity contribution in [3.8, 4) is 11.6 Å². The quantitative estimate of drug-likeness (QED) is 0.192. The van der Waals surface area contributed by atoms with Crippen molar-refractivity contribution in [2.45, 2.75) is 136 Å². The molecule has 2 aromatic rings. The number of halogens is 1. The van der Waals surface area contributed by atoms with E-state index in [1.54, 1.807) is 45.2 Å². The molecule has 5 atom stereocenters. The number of nitrogens with zero attached hydrogens (tertiary/aromatic N) is 3. The molecule has 4 amide bonds. The highest BCUT2D eigenvalue weighted by molar-refractivity contribution is 14.1. The van der Waals surface area contributed by atoms with Crippen LogP contribution in [0.4, 0.5) is 4.79 Å². The molecule has 2 saturated carbocycles. The molecule has 3 fully saturated rings. The smallest absolute Gasteiger partial charge is 0.408 e. The van der Waals surface area contributed by atoms with Crippen LogP contribution in [0.3, 0.4) is 0 Å². The van der Waals surface area contributed by atoms with Crippen molar-refractivity contribution >= 4 is 67.5 Å². The molecule has 1 saturated heterocycles. The van der Waals surface area contributed by atoms with E-state index in [9.17, 15) is 27.6 Å². The molecule has 0 spiro atoms. The van der Waals surface area contributed by atoms with Gasteiger partial charge in [0.05, 0.1) is 33.4 Å². The number of methoxy groups -OCH3 is 1. The van der Waals surface area contributed by atoms with Crippen molar-refractivity contribution in [2.24, 2.45) is 0 Å². The van der Waals surface area contributed by atoms with Crippen molar-refractivity contribution in [1.29, 1.82) is 0 Å². The van der Waals surface area contributed by atoms with Crippen LogP contribution in [0.25, 0.3) is 11.0 Å². The fourth-order valence-corrected chi connectivity index (χ4v) is 9.35. The summed E-state index contributed by atoms with van der Waals surface area (Å²) in [5, 5.41) is 5.60. The highest BCUT2D eigenvalue weighted by atomic mass is 127. The van der Waals surface area contributed by atoms with Crippen LogP contribution in [0.5, 0.6) is 11.6 Å². The van der Waals surface area contributed by atoms with Gasteiger partial charge in [-0.1, -0.05) is 54.0 Å². The van der Waals surface area contributed by atoms with E-state index in [0.717, 1.165) is 44.9 Å². The van der Waals surface area contributed by atoms with Gasteiger partial charge in [-0.15, -0.1) is 0 Å². The third-order valence-electron chi connectivity index (χ3n) is 11.0. The number of alkyl carbamates (subject to hydrolysis) is 1. The van der Waals surface area contributed by atoms with Gasteiger partial charge in [0.25, 0.3) is 5.91 Å². The Bertz CT molecular complexity index is 1900. The molecule has 2 aliphatic heterocycles. The van der Waals surface area contributed by atoms with Crippen LogP contribution in [-0.2, 0) is 29.1 Å². The number of alkyl halides is 1. The second kappa shape index (κ2) is 17.6. The number of aromatic nitrogens is 2. The average molecular weight is 895 g/mol. The second-order valence-electron chi connectivity index (χ2n) is 15.2. The van der Waals surface area contributed by atoms with Gasteiger partial charge >= 0.3 is 6.09 Å². The van der Waals surface area contributed by atoms with Crippen molar-refractivity contribution < 1.29 is 41.8 Å². The maximum atomic E-state index is 14.5. The van der Waals surface area contributed by atoms with Crippen molar-refractivity contribution in [1.82, 2.24) is 30.2 Å². The number of carbonyl (C=O) groups excluding carboxylic acids is 4. The number of ether oxygens (including phenoxy) is 3. The molecular formula is C38H51IN6O9S. The second-order valence-corrected chi connectivity index (χ2v) is 18.9. The molecule has 6 rings (SSSR count). The van der Waals surface area contributed by atoms with Gasteiger partial charge in [0.15, 0.2) is 0 Å². The summed E-state index contributed by atoms with van der Waals surface area (Å²) in [6.07, 6.45) is 10.7. The molecule has 0 bridgehead atoms. The lowest BCUT2D eigenvalue weighted by Crippen LogP contribution is -2.58. The molecule has 3 N–H and O–H groups in total. The molecule has 3 heterocycles. The average Bonchev–Trinajstić information content (AvgIpc) is 3.79. The minimum atomic E-state index is -4.00. The van der Waals surface area contributed by atoms with Crippen molar-refractivity contribution in [3.63, 3.8) is 0 Å². The Morgan fingerprint density at radius 2 is 1.73 bits per heavy atom. The van der Waals surface area contributed by atoms with E-state index in [2.05, 4.69) is 25.3 Å². The first kappa shape index (κ1) is 40.9. The summed E-state index contributed by atoms with van der Waals surface area (Å²) in [5.74, 6) is -1.19. The van der Waals surface area contributed by atoms with Crippen LogP contribution in [-0.4, -0.2) is 99.8 Å². The highest BCUT2D eigenvalue weighted by Gasteiger charge is 2.52. The van der Waals surface area contributed by atoms with Gasteiger partial charge in [0.2, 0.25) is 27.7 Å². The number of carbonyl (C=O) groups is 4. The normalized spacial score (nSPS) is 27.1. The van der Waals surface area contributed by atoms with Crippen LogP contribution in [0.2, 0.25) is 0 Å². The lowest BCUT2D eigenvalue weighted by Gasteiger charge is -2.30. The van der Waals surface area contributed by atoms with Gasteiger partial charge in [0, 0.05) is 12.5 Å². The summed E-state index contributed by atoms with van der Waals surface area (Å²) in [6, 6.07) is 1.92. The summed E-state index contributed by atoms with van der Waals surface area (Å²) in [5.41, 5.74) is 1.68. The fourth-order valence-electron chi connectivity index (χ4n) is 7.27. The van der Waals surface area contributed by atoms with Gasteiger partial charge in [-0.2, -0.15) is 0 Å². The Hall–Kier alpha value is -3.74. The van der Waals surface area contributed by atoms with Crippen LogP contribution in [0.1, 0.15) is 96.1 Å². The predicted octanol–water partition coefficient (Wildman–Crippen LogP) is 4.53. The Labute approximate surface area is 335 Å². The number of nitrogens with one attached hydrogen (secondary N) is 3. The van der Waals surface area contributed by atoms with E-state index in [1.807, 2.05) is 28.7 Å². The topological polar surface area (TPSA) is 195 Å². The lowest BCUT2D eigenvalue weighted by molar-refractivity contribution is -0.140. The summed E-state index contributed by atoms with van der Waals surface area (Å²) in [7, 11) is -2.45. The maximum absolute atomic E-state index is 14.5. The van der Waals surface area contributed by atoms with E-state index in [4.69, 9.17) is 14.2 Å². The largest absolute Gasteiger partial charge is 0.497 e. The Kier molecular flexibility index (Phi) is 13.1. The molecule has 15 nitrogen and oxygen atoms in total. The molecular weight excluding hydrogens is 843 g/mol. The molecule has 17 heteroatoms. The lowest BCUT2D eigenvalue weighted by atomic mass is 9.98. The fraction of sp³-hybridized carbons (Fsp3) is 0.632. The standard InChI is InChI=1S/C38H51IN6O9S/c1-23-35(41-30-20-25(52-3)16-17-28(30)40-23)53-26-21-31-33(46)43-32(34(47)44-55(50,51)38(2)18-19-38)27(39)14-10-5-4-6-11-15-29(36(48)45(31)22-26)42-37(49)54-24-12-8-7-9-13-24/h10,14,16-17,20,24,26-27,29,31-32H,4-9,11-13,15,18-19,21-22H2,1-3H3,(H,42,49)(H,43,46)(H,44,47)/b14-10-/t26-,27+,29+,31+,32?/m1/s1. The minimum absolute atomic E-state index is 0.0266. The zero-order valence-corrected chi connectivity index (χ0v) is 34.5. The number of aryl methyl sites for hydroxylation is 1. The van der Waals surface area contributed by atoms with Gasteiger partial charge in [-0.3, -0.25) is 19.1 Å². The van der Waals surface area contributed by atoms with Gasteiger partial charge in [-0.25, -0.2) is 23.2 Å². The van der Waals surface area contributed by atoms with Crippen molar-refractivity contribution in [2.75, 3.05) is 13.7 Å². The maximum Gasteiger partial charge on any atom is 0.408 e. The molecule has 1 aromatic heterocycles. The van der Waals surface area contributed by atoms with Gasteiger partial charge in [0.1, 0.15) is 41.8 Å². The zero-order chi connectivity index (χ0) is 39.3. The summed E-state index contributed by atoms with van der Waals surface area (Å²) in [4.78, 5) is 66.5. The van der Waals surface area contributed by atoms with Crippen LogP contribution in [0, 0.1) is 6.92 Å². The van der Waals surface area contributed by atoms with E-state index < -0.39 is 66.7 Å². The molecule has 1 unspecified atom stereocenters. The molecule has 2 aliphatic carbocycles. The third kappa shape index (κ3) is 9.99. The van der Waals surface area contributed by atoms with Crippen LogP contribution >= 0.6 is 22.6 Å². The Morgan fingerprint density at radius 3 is 2.45 bits per heavy atom. The number of allylic oxidation sites excluding steroid dienone is 1. The first-order valence-corrected chi connectivity index (χ1v) is 21.9. The van der Waals surface area contributed by atoms with E-state index in [-0.39, 0.29) is 24.9 Å². The number of hydrogen-bond donors (Lipinski definition) is 3. The van der Waals surface area contributed by atoms with Gasteiger partial charge in [-0.05, 0) is 83.8 Å². The minimum Gasteiger partial charge on any atom is -0.497 e. The number of amides is 4. The summed E-state index contributed by atoms with van der Waals surface area (Å²) in [6.45, 7) is 3.30. The Morgan fingerprint density at radius 1 is 1.00 bits per heavy atom. The number of fused-ring (bicyclic) bond motifs is 2. The molecule has 55 heavy (non-hydrogen) atoms. The Balaban J connectivity index is 1.29. The first-order valence-electron chi connectivity index (χ1n) is 19.2. The monoisotopic (exact) mass is 894 g/mol. The predicted molar refractivity (Wildman–Crippen MR) is 212 cm³/mol. The zero-order valence-electron chi connectivity index (χ0n) is 31.6. The molecule has 1 aromatic carbocycles. The summed E-state index contributed by atoms with van der Waals surface area (Å²) < 4.78 is 44.2. The van der Waals surface area contributed by atoms with Crippen LogP contribution in [0.15, 0.2) is 30.4 Å². The number of hydrogen-bond acceptors (Lipinski definition) is 11. The third-order valence-corrected chi connectivity index (χ3v) is 14.3. The van der Waals surface area contributed by atoms with E-state index in [0.29, 0.717) is 54.6 Å². The van der Waals surface area contributed by atoms with Gasteiger partial charge < -0.3 is 29.7 Å². The SMILES string of the molecule is COc1ccc2nc(C)c(O[C@@H]3C[C@H]4C(=O)NC(C(=O)NS(=O)(=O)C5(C)CC5)[C@@H](I)/C=C\CCCCC[C@H](NC(=O)OC5CCCCC5)C(=O)N4C3)nc2c1. The van der Waals surface area contributed by atoms with Crippen molar-refractivity contribution in [3.05, 3.63) is 36.0 Å². The van der Waals surface area contributed by atoms with Crippen LogP contribution < -0.4 is 24.8 Å². The molecule has 0 radical (unpaired) electrons. The first-order chi connectivity index (χ1) is 26.3. The van der Waals surface area contributed by atoms with E-state index >= 15 is 0 Å².